The lowest BCUT2D eigenvalue weighted by Gasteiger charge is -2.34. The minimum Gasteiger partial charge on any atom is -0.496 e. The van der Waals surface area contributed by atoms with Crippen LogP contribution in [0.4, 0.5) is 0 Å². The molecule has 2 aromatic carbocycles. The molecule has 0 amide bonds. The molecule has 172 valence electrons. The molecule has 0 saturated heterocycles. The second kappa shape index (κ2) is 10.5. The normalized spacial score (nSPS) is 15.3. The highest BCUT2D eigenvalue weighted by atomic mass is 79.9. The zero-order valence-corrected chi connectivity index (χ0v) is 20.5. The van der Waals surface area contributed by atoms with Gasteiger partial charge in [0, 0.05) is 24.8 Å². The van der Waals surface area contributed by atoms with Gasteiger partial charge >= 0.3 is 0 Å². The van der Waals surface area contributed by atoms with Gasteiger partial charge in [-0.15, -0.1) is 17.0 Å². The van der Waals surface area contributed by atoms with E-state index in [2.05, 4.69) is 40.2 Å². The Bertz CT molecular complexity index is 1190. The number of nitrogens with two attached hydrogens (primary N) is 1. The lowest BCUT2D eigenvalue weighted by molar-refractivity contribution is 0.153. The number of H-pyrrole nitrogens is 1. The number of aryl methyl sites for hydroxylation is 1. The van der Waals surface area contributed by atoms with Crippen LogP contribution >= 0.6 is 17.0 Å². The highest BCUT2D eigenvalue weighted by Crippen LogP contribution is 2.35. The van der Waals surface area contributed by atoms with Gasteiger partial charge in [0.15, 0.2) is 0 Å². The lowest BCUT2D eigenvalue weighted by atomic mass is 9.90. The fourth-order valence-electron chi connectivity index (χ4n) is 4.78. The number of rotatable bonds is 7. The number of pyridine rings is 1. The van der Waals surface area contributed by atoms with Gasteiger partial charge in [0.2, 0.25) is 0 Å². The van der Waals surface area contributed by atoms with Gasteiger partial charge in [0.05, 0.1) is 36.4 Å². The average Bonchev–Trinajstić information content (AvgIpc) is 3.25. The van der Waals surface area contributed by atoms with Gasteiger partial charge < -0.3 is 15.5 Å². The summed E-state index contributed by atoms with van der Waals surface area (Å²) >= 11 is 0. The zero-order chi connectivity index (χ0) is 21.9. The summed E-state index contributed by atoms with van der Waals surface area (Å²) in [6.07, 6.45) is 5.25. The molecule has 3 N–H and O–H groups in total. The van der Waals surface area contributed by atoms with E-state index in [0.29, 0.717) is 6.54 Å². The van der Waals surface area contributed by atoms with E-state index >= 15 is 0 Å². The van der Waals surface area contributed by atoms with Crippen molar-refractivity contribution in [2.45, 2.75) is 44.9 Å². The molecule has 33 heavy (non-hydrogen) atoms. The number of aromatic nitrogens is 3. The van der Waals surface area contributed by atoms with Crippen LogP contribution in [0.3, 0.4) is 0 Å². The first-order chi connectivity index (χ1) is 15.7. The standard InChI is InChI=1S/C26H29N5O.BrH/c1-32-24-14-18(11-12-20(24)15-27)16-31(17-25-29-21-8-2-3-9-22(21)30-25)23-10-4-6-19-7-5-13-28-26(19)23;/h2-3,5,7-9,11-14,23H,4,6,10,15-17,27H2,1H3,(H,29,30);1H. The maximum Gasteiger partial charge on any atom is 0.123 e. The van der Waals surface area contributed by atoms with E-state index in [1.807, 2.05) is 30.5 Å². The number of imidazole rings is 1. The van der Waals surface area contributed by atoms with Crippen LogP contribution in [-0.4, -0.2) is 27.0 Å². The summed E-state index contributed by atoms with van der Waals surface area (Å²) in [5, 5.41) is 0. The largest absolute Gasteiger partial charge is 0.496 e. The predicted octanol–water partition coefficient (Wildman–Crippen LogP) is 5.08. The average molecular weight is 508 g/mol. The van der Waals surface area contributed by atoms with Crippen molar-refractivity contribution in [1.82, 2.24) is 19.9 Å². The van der Waals surface area contributed by atoms with Crippen LogP contribution in [0.15, 0.2) is 60.8 Å². The number of nitrogens with one attached hydrogen (secondary N) is 1. The number of ether oxygens (including phenoxy) is 1. The van der Waals surface area contributed by atoms with Crippen LogP contribution in [0.5, 0.6) is 5.75 Å². The highest BCUT2D eigenvalue weighted by Gasteiger charge is 2.28. The Morgan fingerprint density at radius 2 is 2.00 bits per heavy atom. The molecule has 0 spiro atoms. The van der Waals surface area contributed by atoms with E-state index in [1.165, 1.54) is 16.8 Å². The molecule has 2 aromatic heterocycles. The third kappa shape index (κ3) is 4.95. The Kier molecular flexibility index (Phi) is 7.42. The summed E-state index contributed by atoms with van der Waals surface area (Å²) in [4.78, 5) is 15.6. The Labute approximate surface area is 205 Å². The van der Waals surface area contributed by atoms with Gasteiger partial charge in [-0.2, -0.15) is 0 Å². The minimum absolute atomic E-state index is 0. The van der Waals surface area contributed by atoms with Crippen LogP contribution in [0.25, 0.3) is 11.0 Å². The fourth-order valence-corrected chi connectivity index (χ4v) is 4.78. The summed E-state index contributed by atoms with van der Waals surface area (Å²) < 4.78 is 5.59. The van der Waals surface area contributed by atoms with Crippen molar-refractivity contribution >= 4 is 28.0 Å². The maximum atomic E-state index is 5.88. The van der Waals surface area contributed by atoms with E-state index in [9.17, 15) is 0 Å². The van der Waals surface area contributed by atoms with E-state index in [-0.39, 0.29) is 23.0 Å². The summed E-state index contributed by atoms with van der Waals surface area (Å²) in [6, 6.07) is 19.0. The molecule has 1 aliphatic rings. The van der Waals surface area contributed by atoms with Gasteiger partial charge in [0.25, 0.3) is 0 Å². The predicted molar refractivity (Wildman–Crippen MR) is 136 cm³/mol. The summed E-state index contributed by atoms with van der Waals surface area (Å²) in [6.45, 7) is 1.96. The molecule has 2 heterocycles. The van der Waals surface area contributed by atoms with E-state index in [4.69, 9.17) is 20.4 Å². The van der Waals surface area contributed by atoms with Crippen molar-refractivity contribution in [1.29, 1.82) is 0 Å². The fraction of sp³-hybridized carbons (Fsp3) is 0.308. The zero-order valence-electron chi connectivity index (χ0n) is 18.8. The molecule has 5 rings (SSSR count). The van der Waals surface area contributed by atoms with Crippen molar-refractivity contribution in [2.24, 2.45) is 5.73 Å². The Balaban J connectivity index is 0.00000259. The number of hydrogen-bond donors (Lipinski definition) is 2. The smallest absolute Gasteiger partial charge is 0.123 e. The van der Waals surface area contributed by atoms with Gasteiger partial charge in [-0.25, -0.2) is 4.98 Å². The number of hydrogen-bond acceptors (Lipinski definition) is 5. The summed E-state index contributed by atoms with van der Waals surface area (Å²) in [5.41, 5.74) is 12.7. The van der Waals surface area contributed by atoms with Gasteiger partial charge in [-0.05, 0) is 54.7 Å². The molecule has 7 heteroatoms. The van der Waals surface area contributed by atoms with Crippen LogP contribution in [0.1, 0.15) is 47.1 Å². The number of para-hydroxylation sites is 2. The van der Waals surface area contributed by atoms with Crippen molar-refractivity contribution in [3.8, 4) is 5.75 Å². The first kappa shape index (κ1) is 23.4. The first-order valence-corrected chi connectivity index (χ1v) is 11.2. The molecule has 1 aliphatic carbocycles. The number of benzene rings is 2. The lowest BCUT2D eigenvalue weighted by Crippen LogP contribution is -2.31. The molecule has 0 radical (unpaired) electrons. The quantitative estimate of drug-likeness (QED) is 0.364. The minimum atomic E-state index is 0. The monoisotopic (exact) mass is 507 g/mol. The first-order valence-electron chi connectivity index (χ1n) is 11.2. The van der Waals surface area contributed by atoms with Crippen molar-refractivity contribution in [3.05, 3.63) is 89.0 Å². The maximum absolute atomic E-state index is 5.88. The molecule has 1 unspecified atom stereocenters. The summed E-state index contributed by atoms with van der Waals surface area (Å²) in [5.74, 6) is 1.82. The van der Waals surface area contributed by atoms with Crippen molar-refractivity contribution in [2.75, 3.05) is 7.11 Å². The number of fused-ring (bicyclic) bond motifs is 2. The molecule has 0 bridgehead atoms. The third-order valence-corrected chi connectivity index (χ3v) is 6.35. The highest BCUT2D eigenvalue weighted by molar-refractivity contribution is 8.93. The van der Waals surface area contributed by atoms with Crippen molar-refractivity contribution in [3.63, 3.8) is 0 Å². The van der Waals surface area contributed by atoms with Crippen molar-refractivity contribution < 1.29 is 4.74 Å². The molecule has 6 nitrogen and oxygen atoms in total. The van der Waals surface area contributed by atoms with Gasteiger partial charge in [-0.3, -0.25) is 9.88 Å². The molecular weight excluding hydrogens is 478 g/mol. The molecule has 0 aliphatic heterocycles. The molecule has 1 atom stereocenters. The molecule has 4 aromatic rings. The van der Waals surface area contributed by atoms with Crippen LogP contribution in [0, 0.1) is 0 Å². The number of methoxy groups -OCH3 is 1. The van der Waals surface area contributed by atoms with E-state index in [1.54, 1.807) is 7.11 Å². The van der Waals surface area contributed by atoms with Gasteiger partial charge in [0.1, 0.15) is 11.6 Å². The van der Waals surface area contributed by atoms with Crippen LogP contribution < -0.4 is 10.5 Å². The molecular formula is C26H30BrN5O. The second-order valence-electron chi connectivity index (χ2n) is 8.41. The van der Waals surface area contributed by atoms with E-state index in [0.717, 1.165) is 60.5 Å². The third-order valence-electron chi connectivity index (χ3n) is 6.35. The topological polar surface area (TPSA) is 80.1 Å². The molecule has 0 fully saturated rings. The molecule has 0 saturated carbocycles. The number of aromatic amines is 1. The second-order valence-corrected chi connectivity index (χ2v) is 8.41. The van der Waals surface area contributed by atoms with Crippen LogP contribution in [-0.2, 0) is 26.1 Å². The SMILES string of the molecule is Br.COc1cc(CN(Cc2nc3ccccc3[nH]2)C2CCCc3cccnc32)ccc1CN. The Hall–Kier alpha value is -2.74. The Morgan fingerprint density at radius 3 is 2.82 bits per heavy atom. The van der Waals surface area contributed by atoms with Crippen LogP contribution in [0.2, 0.25) is 0 Å². The summed E-state index contributed by atoms with van der Waals surface area (Å²) in [7, 11) is 1.70. The van der Waals surface area contributed by atoms with Gasteiger partial charge in [-0.1, -0.05) is 30.3 Å². The number of nitrogens with zero attached hydrogens (tertiary/aromatic N) is 3. The van der Waals surface area contributed by atoms with E-state index < -0.39 is 0 Å². The number of halogens is 1. The Morgan fingerprint density at radius 1 is 1.12 bits per heavy atom.